The van der Waals surface area contributed by atoms with Gasteiger partial charge in [0.1, 0.15) is 23.6 Å². The third-order valence-electron chi connectivity index (χ3n) is 5.35. The van der Waals surface area contributed by atoms with Crippen molar-refractivity contribution >= 4 is 22.2 Å². The summed E-state index contributed by atoms with van der Waals surface area (Å²) in [6, 6.07) is 8.31. The predicted octanol–water partition coefficient (Wildman–Crippen LogP) is 4.17. The zero-order chi connectivity index (χ0) is 22.4. The van der Waals surface area contributed by atoms with Gasteiger partial charge in [0.25, 0.3) is 0 Å². The van der Waals surface area contributed by atoms with Gasteiger partial charge in [-0.25, -0.2) is 29.3 Å². The van der Waals surface area contributed by atoms with Crippen LogP contribution in [0.5, 0.6) is 5.75 Å². The van der Waals surface area contributed by atoms with Crippen molar-refractivity contribution < 1.29 is 9.13 Å². The topological polar surface area (TPSA) is 118 Å². The number of rotatable bonds is 4. The number of fused-ring (bicyclic) bond motifs is 2. The van der Waals surface area contributed by atoms with E-state index >= 15 is 0 Å². The molecule has 0 radical (unpaired) electrons. The number of aromatic nitrogens is 8. The molecule has 5 aromatic heterocycles. The van der Waals surface area contributed by atoms with Crippen LogP contribution in [0.4, 0.5) is 4.39 Å². The molecule has 0 aliphatic carbocycles. The summed E-state index contributed by atoms with van der Waals surface area (Å²) in [6.07, 6.45) is 8.29. The minimum Gasteiger partial charge on any atom is -0.497 e. The van der Waals surface area contributed by atoms with Crippen LogP contribution >= 0.6 is 0 Å². The first-order valence-corrected chi connectivity index (χ1v) is 9.99. The molecule has 0 atom stereocenters. The Morgan fingerprint density at radius 2 is 1.79 bits per heavy atom. The Morgan fingerprint density at radius 3 is 2.64 bits per heavy atom. The zero-order valence-electron chi connectivity index (χ0n) is 17.2. The summed E-state index contributed by atoms with van der Waals surface area (Å²) in [6.45, 7) is 0. The Labute approximate surface area is 185 Å². The van der Waals surface area contributed by atoms with Crippen molar-refractivity contribution in [2.75, 3.05) is 7.11 Å². The van der Waals surface area contributed by atoms with Crippen LogP contribution in [0, 0.1) is 5.82 Å². The van der Waals surface area contributed by atoms with E-state index in [1.165, 1.54) is 25.6 Å². The van der Waals surface area contributed by atoms with Gasteiger partial charge in [0, 0.05) is 47.5 Å². The number of imidazole rings is 1. The molecule has 0 bridgehead atoms. The second-order valence-electron chi connectivity index (χ2n) is 7.34. The van der Waals surface area contributed by atoms with Crippen molar-refractivity contribution in [3.05, 3.63) is 67.3 Å². The molecular weight excluding hydrogens is 423 g/mol. The highest BCUT2D eigenvalue weighted by molar-refractivity contribution is 5.96. The van der Waals surface area contributed by atoms with E-state index in [-0.39, 0.29) is 0 Å². The number of aromatic amines is 2. The van der Waals surface area contributed by atoms with Crippen molar-refractivity contribution in [3.8, 4) is 39.5 Å². The molecule has 9 nitrogen and oxygen atoms in total. The number of nitrogens with one attached hydrogen (secondary N) is 2. The summed E-state index contributed by atoms with van der Waals surface area (Å²) in [5.41, 5.74) is 5.47. The fraction of sp³-hybridized carbons (Fsp3) is 0.0435. The van der Waals surface area contributed by atoms with E-state index in [0.29, 0.717) is 39.6 Å². The number of H-pyrrole nitrogens is 2. The van der Waals surface area contributed by atoms with Crippen LogP contribution in [0.25, 0.3) is 56.0 Å². The molecule has 0 saturated carbocycles. The fourth-order valence-corrected chi connectivity index (χ4v) is 3.79. The Morgan fingerprint density at radius 1 is 0.909 bits per heavy atom. The normalized spacial score (nSPS) is 11.3. The van der Waals surface area contributed by atoms with Gasteiger partial charge < -0.3 is 9.72 Å². The summed E-state index contributed by atoms with van der Waals surface area (Å²) >= 11 is 0. The molecule has 0 aliphatic heterocycles. The molecule has 10 heteroatoms. The Kier molecular flexibility index (Phi) is 4.29. The minimum atomic E-state index is -0.392. The molecular formula is C23H15FN8O. The lowest BCUT2D eigenvalue weighted by Crippen LogP contribution is -1.88. The van der Waals surface area contributed by atoms with Crippen LogP contribution in [0.1, 0.15) is 0 Å². The average Bonchev–Trinajstić information content (AvgIpc) is 3.47. The van der Waals surface area contributed by atoms with E-state index in [4.69, 9.17) is 4.74 Å². The number of hydrogen-bond donors (Lipinski definition) is 2. The summed E-state index contributed by atoms with van der Waals surface area (Å²) in [5, 5.41) is 8.09. The van der Waals surface area contributed by atoms with Crippen molar-refractivity contribution in [2.45, 2.75) is 0 Å². The summed E-state index contributed by atoms with van der Waals surface area (Å²) in [7, 11) is 1.50. The maximum absolute atomic E-state index is 14.1. The molecule has 0 saturated heterocycles. The van der Waals surface area contributed by atoms with Crippen LogP contribution < -0.4 is 4.74 Å². The van der Waals surface area contributed by atoms with Gasteiger partial charge in [-0.05, 0) is 29.8 Å². The smallest absolute Gasteiger partial charge is 0.181 e. The van der Waals surface area contributed by atoms with Crippen LogP contribution in [0.2, 0.25) is 0 Å². The summed E-state index contributed by atoms with van der Waals surface area (Å²) in [5.74, 6) is 0.578. The second-order valence-corrected chi connectivity index (χ2v) is 7.34. The molecule has 1 aromatic carbocycles. The van der Waals surface area contributed by atoms with Crippen molar-refractivity contribution in [1.29, 1.82) is 0 Å². The first-order chi connectivity index (χ1) is 16.2. The van der Waals surface area contributed by atoms with E-state index in [9.17, 15) is 4.39 Å². The fourth-order valence-electron chi connectivity index (χ4n) is 3.79. The van der Waals surface area contributed by atoms with Gasteiger partial charge in [-0.2, -0.15) is 5.10 Å². The third-order valence-corrected chi connectivity index (χ3v) is 5.35. The van der Waals surface area contributed by atoms with Gasteiger partial charge in [-0.3, -0.25) is 5.10 Å². The number of hydrogen-bond acceptors (Lipinski definition) is 7. The summed E-state index contributed by atoms with van der Waals surface area (Å²) in [4.78, 5) is 24.9. The van der Waals surface area contributed by atoms with Gasteiger partial charge in [0.05, 0.1) is 18.0 Å². The van der Waals surface area contributed by atoms with Gasteiger partial charge in [0.2, 0.25) is 0 Å². The first kappa shape index (κ1) is 19.0. The van der Waals surface area contributed by atoms with Gasteiger partial charge >= 0.3 is 0 Å². The van der Waals surface area contributed by atoms with Gasteiger partial charge in [-0.15, -0.1) is 0 Å². The Balaban J connectivity index is 1.50. The van der Waals surface area contributed by atoms with Crippen LogP contribution in [0.15, 0.2) is 61.4 Å². The molecule has 6 aromatic rings. The number of ether oxygens (including phenoxy) is 1. The lowest BCUT2D eigenvalue weighted by Gasteiger charge is -2.06. The van der Waals surface area contributed by atoms with Crippen LogP contribution in [-0.2, 0) is 0 Å². The molecule has 2 N–H and O–H groups in total. The van der Waals surface area contributed by atoms with Crippen LogP contribution in [-0.4, -0.2) is 47.2 Å². The molecule has 6 rings (SSSR count). The maximum atomic E-state index is 14.1. The van der Waals surface area contributed by atoms with Crippen molar-refractivity contribution in [3.63, 3.8) is 0 Å². The number of pyridine rings is 2. The molecule has 0 spiro atoms. The van der Waals surface area contributed by atoms with Crippen molar-refractivity contribution in [2.24, 2.45) is 0 Å². The molecule has 160 valence electrons. The zero-order valence-corrected chi connectivity index (χ0v) is 17.2. The van der Waals surface area contributed by atoms with Crippen LogP contribution in [0.3, 0.4) is 0 Å². The number of nitrogens with zero attached hydrogens (tertiary/aromatic N) is 6. The average molecular weight is 438 g/mol. The maximum Gasteiger partial charge on any atom is 0.181 e. The molecule has 0 unspecified atom stereocenters. The molecule has 0 amide bonds. The third kappa shape index (κ3) is 3.24. The number of halogens is 1. The first-order valence-electron chi connectivity index (χ1n) is 9.99. The van der Waals surface area contributed by atoms with E-state index in [1.54, 1.807) is 36.9 Å². The van der Waals surface area contributed by atoms with Gasteiger partial charge in [0.15, 0.2) is 17.1 Å². The lowest BCUT2D eigenvalue weighted by molar-refractivity contribution is 0.411. The van der Waals surface area contributed by atoms with Gasteiger partial charge in [-0.1, -0.05) is 0 Å². The highest BCUT2D eigenvalue weighted by Gasteiger charge is 2.17. The SMILES string of the molecule is COc1cc(F)cc(-c2ccnc3nc(-c4[nH]nc5ncc(-c6cncnc6)cc45)[nH]c23)c1. The number of methoxy groups -OCH3 is 1. The lowest BCUT2D eigenvalue weighted by atomic mass is 10.1. The van der Waals surface area contributed by atoms with E-state index in [2.05, 4.69) is 40.1 Å². The standard InChI is InChI=1S/C23H15FN8O/c1-33-16-5-12(4-15(24)7-16)17-2-3-27-22-19(17)29-23(30-22)20-18-6-13(10-28-21(18)32-31-20)14-8-25-11-26-9-14/h2-11H,1H3,(H,27,29,30)(H,28,31,32). The predicted molar refractivity (Wildman–Crippen MR) is 120 cm³/mol. The molecule has 33 heavy (non-hydrogen) atoms. The van der Waals surface area contributed by atoms with Crippen molar-refractivity contribution in [1.82, 2.24) is 40.1 Å². The highest BCUT2D eigenvalue weighted by atomic mass is 19.1. The van der Waals surface area contributed by atoms with E-state index in [0.717, 1.165) is 22.1 Å². The molecule has 0 fully saturated rings. The van der Waals surface area contributed by atoms with E-state index in [1.807, 2.05) is 6.07 Å². The highest BCUT2D eigenvalue weighted by Crippen LogP contribution is 2.33. The second kappa shape index (κ2) is 7.45. The Bertz CT molecular complexity index is 1630. The number of benzene rings is 1. The molecule has 5 heterocycles. The molecule has 0 aliphatic rings. The monoisotopic (exact) mass is 438 g/mol. The largest absolute Gasteiger partial charge is 0.497 e. The summed E-state index contributed by atoms with van der Waals surface area (Å²) < 4.78 is 19.3. The minimum absolute atomic E-state index is 0.392. The van der Waals surface area contributed by atoms with E-state index < -0.39 is 5.82 Å². The quantitative estimate of drug-likeness (QED) is 0.424. The Hall–Kier alpha value is -4.73.